The molecule has 1 atom stereocenters. The van der Waals surface area contributed by atoms with E-state index in [0.29, 0.717) is 16.6 Å². The Bertz CT molecular complexity index is 1340. The van der Waals surface area contributed by atoms with Crippen LogP contribution < -0.4 is 21.3 Å². The van der Waals surface area contributed by atoms with Crippen molar-refractivity contribution >= 4 is 16.7 Å². The zero-order valence-corrected chi connectivity index (χ0v) is 18.3. The number of nitrogens with zero attached hydrogens (tertiary/aromatic N) is 3. The Morgan fingerprint density at radius 1 is 1.06 bits per heavy atom. The van der Waals surface area contributed by atoms with Crippen LogP contribution in [-0.4, -0.2) is 39.2 Å². The molecule has 0 bridgehead atoms. The summed E-state index contributed by atoms with van der Waals surface area (Å²) in [7, 11) is 0. The van der Waals surface area contributed by atoms with E-state index in [1.807, 2.05) is 28.9 Å². The number of piperidine rings is 1. The zero-order chi connectivity index (χ0) is 22.4. The number of hydrogen-bond acceptors (Lipinski definition) is 6. The van der Waals surface area contributed by atoms with E-state index in [1.54, 1.807) is 0 Å². The van der Waals surface area contributed by atoms with Crippen molar-refractivity contribution in [1.82, 2.24) is 25.3 Å². The molecular formula is C25H26N6O2. The van der Waals surface area contributed by atoms with Crippen LogP contribution in [0, 0.1) is 0 Å². The number of hydrogen-bond donors (Lipinski definition) is 3. The average Bonchev–Trinajstić information content (AvgIpc) is 3.45. The number of H-pyrrole nitrogens is 1. The van der Waals surface area contributed by atoms with Gasteiger partial charge in [0.15, 0.2) is 5.82 Å². The smallest absolute Gasteiger partial charge is 0.290 e. The van der Waals surface area contributed by atoms with E-state index in [-0.39, 0.29) is 23.5 Å². The van der Waals surface area contributed by atoms with Crippen molar-refractivity contribution in [2.75, 3.05) is 18.8 Å². The summed E-state index contributed by atoms with van der Waals surface area (Å²) < 4.78 is 8.08. The Morgan fingerprint density at radius 3 is 2.52 bits per heavy atom. The Kier molecular flexibility index (Phi) is 4.87. The molecule has 4 aromatic rings. The third kappa shape index (κ3) is 3.56. The second-order valence-corrected chi connectivity index (χ2v) is 8.90. The van der Waals surface area contributed by atoms with E-state index < -0.39 is 0 Å². The fourth-order valence-electron chi connectivity index (χ4n) is 5.11. The van der Waals surface area contributed by atoms with Gasteiger partial charge in [0.05, 0.1) is 11.4 Å². The van der Waals surface area contributed by atoms with Gasteiger partial charge < -0.3 is 15.8 Å². The predicted molar refractivity (Wildman–Crippen MR) is 127 cm³/mol. The zero-order valence-electron chi connectivity index (χ0n) is 18.3. The molecule has 8 nitrogen and oxygen atoms in total. The van der Waals surface area contributed by atoms with Crippen LogP contribution in [0.3, 0.4) is 0 Å². The minimum Gasteiger partial charge on any atom is -0.490 e. The SMILES string of the molecule is Nc1n[nH]c(=O)c2c1c(-c1ccc(OC3Cc4ccccc4C3)cc1)nn2C1CCCNC1. The highest BCUT2D eigenvalue weighted by molar-refractivity contribution is 5.99. The van der Waals surface area contributed by atoms with E-state index in [9.17, 15) is 4.79 Å². The number of aromatic amines is 1. The van der Waals surface area contributed by atoms with Gasteiger partial charge in [0.25, 0.3) is 5.56 Å². The van der Waals surface area contributed by atoms with Crippen LogP contribution in [0.4, 0.5) is 5.82 Å². The quantitative estimate of drug-likeness (QED) is 0.448. The molecule has 1 fully saturated rings. The number of rotatable bonds is 4. The van der Waals surface area contributed by atoms with E-state index in [2.05, 4.69) is 39.8 Å². The summed E-state index contributed by atoms with van der Waals surface area (Å²) in [5, 5.41) is 15.4. The van der Waals surface area contributed by atoms with Gasteiger partial charge >= 0.3 is 0 Å². The molecule has 168 valence electrons. The lowest BCUT2D eigenvalue weighted by molar-refractivity contribution is 0.214. The molecule has 6 rings (SSSR count). The third-order valence-corrected chi connectivity index (χ3v) is 6.72. The Morgan fingerprint density at radius 2 is 1.82 bits per heavy atom. The first-order valence-electron chi connectivity index (χ1n) is 11.5. The van der Waals surface area contributed by atoms with Crippen molar-refractivity contribution < 1.29 is 4.74 Å². The molecule has 2 aromatic carbocycles. The lowest BCUT2D eigenvalue weighted by Gasteiger charge is -2.23. The highest BCUT2D eigenvalue weighted by Crippen LogP contribution is 2.33. The van der Waals surface area contributed by atoms with Gasteiger partial charge in [0, 0.05) is 24.9 Å². The number of aromatic nitrogens is 4. The van der Waals surface area contributed by atoms with Gasteiger partial charge in [-0.05, 0) is 54.8 Å². The highest BCUT2D eigenvalue weighted by Gasteiger charge is 2.25. The van der Waals surface area contributed by atoms with E-state index in [4.69, 9.17) is 15.6 Å². The summed E-state index contributed by atoms with van der Waals surface area (Å²) >= 11 is 0. The summed E-state index contributed by atoms with van der Waals surface area (Å²) in [4.78, 5) is 12.7. The van der Waals surface area contributed by atoms with Crippen molar-refractivity contribution in [2.45, 2.75) is 37.8 Å². The number of nitrogens with two attached hydrogens (primary N) is 1. The van der Waals surface area contributed by atoms with Crippen molar-refractivity contribution in [1.29, 1.82) is 0 Å². The van der Waals surface area contributed by atoms with Crippen molar-refractivity contribution in [3.05, 3.63) is 70.0 Å². The maximum absolute atomic E-state index is 12.7. The van der Waals surface area contributed by atoms with Gasteiger partial charge in [0.2, 0.25) is 0 Å². The molecule has 33 heavy (non-hydrogen) atoms. The molecule has 1 aliphatic carbocycles. The lowest BCUT2D eigenvalue weighted by atomic mass is 10.1. The predicted octanol–water partition coefficient (Wildman–Crippen LogP) is 2.84. The average molecular weight is 443 g/mol. The van der Waals surface area contributed by atoms with Gasteiger partial charge in [-0.25, -0.2) is 5.10 Å². The molecule has 1 unspecified atom stereocenters. The molecule has 0 spiro atoms. The molecular weight excluding hydrogens is 416 g/mol. The highest BCUT2D eigenvalue weighted by atomic mass is 16.5. The molecule has 8 heteroatoms. The normalized spacial score (nSPS) is 18.5. The number of nitrogens with one attached hydrogen (secondary N) is 2. The number of fused-ring (bicyclic) bond motifs is 2. The molecule has 0 radical (unpaired) electrons. The number of benzene rings is 2. The second-order valence-electron chi connectivity index (χ2n) is 8.90. The number of anilines is 1. The van der Waals surface area contributed by atoms with Gasteiger partial charge in [-0.2, -0.15) is 10.2 Å². The molecule has 4 N–H and O–H groups in total. The Hall–Kier alpha value is -3.65. The van der Waals surface area contributed by atoms with Crippen LogP contribution in [0.2, 0.25) is 0 Å². The van der Waals surface area contributed by atoms with Crippen LogP contribution in [-0.2, 0) is 12.8 Å². The fraction of sp³-hybridized carbons (Fsp3) is 0.320. The lowest BCUT2D eigenvalue weighted by Crippen LogP contribution is -2.33. The van der Waals surface area contributed by atoms with Crippen LogP contribution >= 0.6 is 0 Å². The second kappa shape index (κ2) is 8.04. The molecule has 0 saturated carbocycles. The van der Waals surface area contributed by atoms with Crippen LogP contribution in [0.25, 0.3) is 22.2 Å². The minimum atomic E-state index is -0.274. The fourth-order valence-corrected chi connectivity index (χ4v) is 5.11. The summed E-state index contributed by atoms with van der Waals surface area (Å²) in [6.07, 6.45) is 3.99. The maximum atomic E-state index is 12.7. The molecule has 1 saturated heterocycles. The summed E-state index contributed by atoms with van der Waals surface area (Å²) in [5.74, 6) is 1.10. The van der Waals surface area contributed by atoms with Gasteiger partial charge in [0.1, 0.15) is 23.1 Å². The van der Waals surface area contributed by atoms with Gasteiger partial charge in [-0.15, -0.1) is 0 Å². The molecule has 2 aliphatic rings. The van der Waals surface area contributed by atoms with E-state index in [0.717, 1.165) is 50.1 Å². The maximum Gasteiger partial charge on any atom is 0.290 e. The summed E-state index contributed by atoms with van der Waals surface area (Å²) in [6.45, 7) is 1.75. The monoisotopic (exact) mass is 442 g/mol. The topological polar surface area (TPSA) is 111 Å². The number of nitrogen functional groups attached to an aromatic ring is 1. The Balaban J connectivity index is 1.32. The van der Waals surface area contributed by atoms with Gasteiger partial charge in [-0.3, -0.25) is 9.48 Å². The van der Waals surface area contributed by atoms with Crippen LogP contribution in [0.15, 0.2) is 53.3 Å². The van der Waals surface area contributed by atoms with Gasteiger partial charge in [-0.1, -0.05) is 24.3 Å². The minimum absolute atomic E-state index is 0.101. The van der Waals surface area contributed by atoms with Crippen LogP contribution in [0.1, 0.15) is 30.0 Å². The molecule has 1 aliphatic heterocycles. The summed E-state index contributed by atoms with van der Waals surface area (Å²) in [6, 6.07) is 16.5. The standard InChI is InChI=1S/C25H26N6O2/c26-24-21-22(30-31(18-6-3-11-27-14-18)23(21)25(32)29-28-24)15-7-9-19(10-8-15)33-20-12-16-4-1-2-5-17(16)13-20/h1-2,4-5,7-10,18,20,27H,3,6,11-14H2,(H2,26,28)(H,29,32). The Labute approximate surface area is 190 Å². The van der Waals surface area contributed by atoms with Crippen molar-refractivity contribution in [3.8, 4) is 17.0 Å². The first-order valence-corrected chi connectivity index (χ1v) is 11.5. The van der Waals surface area contributed by atoms with Crippen molar-refractivity contribution in [3.63, 3.8) is 0 Å². The summed E-state index contributed by atoms with van der Waals surface area (Å²) in [5.41, 5.74) is 10.7. The first kappa shape index (κ1) is 20.0. The molecule has 3 heterocycles. The number of ether oxygens (including phenoxy) is 1. The molecule has 0 amide bonds. The third-order valence-electron chi connectivity index (χ3n) is 6.72. The van der Waals surface area contributed by atoms with E-state index in [1.165, 1.54) is 11.1 Å². The first-order chi connectivity index (χ1) is 16.2. The largest absolute Gasteiger partial charge is 0.490 e. The van der Waals surface area contributed by atoms with Crippen molar-refractivity contribution in [2.24, 2.45) is 0 Å². The van der Waals surface area contributed by atoms with Crippen LogP contribution in [0.5, 0.6) is 5.75 Å². The van der Waals surface area contributed by atoms with E-state index >= 15 is 0 Å². The molecule has 2 aromatic heterocycles.